The Labute approximate surface area is 160 Å². The lowest BCUT2D eigenvalue weighted by molar-refractivity contribution is 0.0728. The van der Waals surface area contributed by atoms with E-state index in [-0.39, 0.29) is 35.5 Å². The van der Waals surface area contributed by atoms with Crippen molar-refractivity contribution in [3.8, 4) is 11.5 Å². The summed E-state index contributed by atoms with van der Waals surface area (Å²) < 4.78 is 39.4. The highest BCUT2D eigenvalue weighted by molar-refractivity contribution is 5.99. The lowest BCUT2D eigenvalue weighted by Gasteiger charge is -2.17. The van der Waals surface area contributed by atoms with E-state index < -0.39 is 23.2 Å². The number of benzene rings is 3. The predicted octanol–water partition coefficient (Wildman–Crippen LogP) is 4.88. The van der Waals surface area contributed by atoms with Crippen molar-refractivity contribution in [3.05, 3.63) is 94.6 Å². The first-order chi connectivity index (χ1) is 13.5. The summed E-state index contributed by atoms with van der Waals surface area (Å²) in [5.41, 5.74) is -0.573. The maximum absolute atomic E-state index is 14.3. The molecule has 0 unspecified atom stereocenters. The number of carbonyl (C=O) groups is 2. The van der Waals surface area contributed by atoms with E-state index >= 15 is 0 Å². The number of ether oxygens (including phenoxy) is 2. The molecule has 0 N–H and O–H groups in total. The molecule has 0 saturated heterocycles. The Morgan fingerprint density at radius 1 is 0.964 bits per heavy atom. The molecule has 0 aromatic heterocycles. The number of esters is 1. The quantitative estimate of drug-likeness (QED) is 0.346. The van der Waals surface area contributed by atoms with E-state index in [0.717, 1.165) is 5.56 Å². The van der Waals surface area contributed by atoms with Crippen molar-refractivity contribution in [2.75, 3.05) is 0 Å². The van der Waals surface area contributed by atoms with Gasteiger partial charge in [-0.05, 0) is 24.6 Å². The van der Waals surface area contributed by atoms with Gasteiger partial charge in [-0.3, -0.25) is 4.79 Å². The molecule has 0 bridgehead atoms. The molecule has 142 valence electrons. The molecule has 3 aromatic rings. The van der Waals surface area contributed by atoms with E-state index in [1.165, 1.54) is 19.1 Å². The van der Waals surface area contributed by atoms with Crippen LogP contribution >= 0.6 is 0 Å². The van der Waals surface area contributed by atoms with E-state index in [0.29, 0.717) is 0 Å². The van der Waals surface area contributed by atoms with Crippen molar-refractivity contribution in [1.82, 2.24) is 0 Å². The van der Waals surface area contributed by atoms with Crippen LogP contribution in [0.25, 0.3) is 0 Å². The van der Waals surface area contributed by atoms with Crippen molar-refractivity contribution in [2.24, 2.45) is 0 Å². The first-order valence-electron chi connectivity index (χ1n) is 8.43. The van der Waals surface area contributed by atoms with E-state index in [9.17, 15) is 18.4 Å². The molecule has 3 aromatic carbocycles. The average Bonchev–Trinajstić information content (AvgIpc) is 2.72. The number of rotatable bonds is 6. The Kier molecular flexibility index (Phi) is 5.79. The molecule has 0 aliphatic heterocycles. The summed E-state index contributed by atoms with van der Waals surface area (Å²) >= 11 is 0. The Bertz CT molecular complexity index is 1000. The summed E-state index contributed by atoms with van der Waals surface area (Å²) in [5, 5.41) is 0. The van der Waals surface area contributed by atoms with Gasteiger partial charge in [0.05, 0.1) is 5.56 Å². The molecule has 0 aliphatic carbocycles. The number of para-hydroxylation sites is 1. The maximum atomic E-state index is 14.3. The fourth-order valence-electron chi connectivity index (χ4n) is 2.67. The van der Waals surface area contributed by atoms with Gasteiger partial charge in [0.25, 0.3) is 0 Å². The Hall–Kier alpha value is -3.54. The van der Waals surface area contributed by atoms with Gasteiger partial charge in [-0.1, -0.05) is 48.5 Å². The van der Waals surface area contributed by atoms with Crippen LogP contribution in [0.5, 0.6) is 11.5 Å². The lowest BCUT2D eigenvalue weighted by Crippen LogP contribution is -2.17. The normalized spacial score (nSPS) is 10.4. The fraction of sp³-hybridized carbons (Fsp3) is 0.0909. The molecule has 0 saturated carbocycles. The second-order valence-electron chi connectivity index (χ2n) is 5.97. The van der Waals surface area contributed by atoms with Crippen LogP contribution in [0.4, 0.5) is 8.78 Å². The predicted molar refractivity (Wildman–Crippen MR) is 98.7 cm³/mol. The first-order valence-corrected chi connectivity index (χ1v) is 8.43. The largest absolute Gasteiger partial charge is 0.487 e. The molecule has 0 amide bonds. The highest BCUT2D eigenvalue weighted by atomic mass is 19.2. The third-order valence-electron chi connectivity index (χ3n) is 4.11. The molecule has 4 nitrogen and oxygen atoms in total. The standard InChI is InChI=1S/C22H16F2O4/c1-14-18(22(26)28-16-10-6-3-7-11-16)21(17(12-25)20(24)19(14)23)27-13-15-8-4-2-5-9-15/h2-12H,13H2,1H3. The van der Waals surface area contributed by atoms with Crippen LogP contribution in [0.2, 0.25) is 0 Å². The van der Waals surface area contributed by atoms with E-state index in [1.807, 2.05) is 6.07 Å². The van der Waals surface area contributed by atoms with Crippen molar-refractivity contribution in [2.45, 2.75) is 13.5 Å². The Balaban J connectivity index is 2.04. The average molecular weight is 382 g/mol. The van der Waals surface area contributed by atoms with Gasteiger partial charge in [-0.2, -0.15) is 0 Å². The number of hydrogen-bond acceptors (Lipinski definition) is 4. The van der Waals surface area contributed by atoms with Crippen LogP contribution < -0.4 is 9.47 Å². The minimum absolute atomic E-state index is 0.0438. The molecule has 0 atom stereocenters. The van der Waals surface area contributed by atoms with Gasteiger partial charge in [-0.15, -0.1) is 0 Å². The SMILES string of the molecule is Cc1c(F)c(F)c(C=O)c(OCc2ccccc2)c1C(=O)Oc1ccccc1. The van der Waals surface area contributed by atoms with E-state index in [2.05, 4.69) is 0 Å². The van der Waals surface area contributed by atoms with Crippen molar-refractivity contribution < 1.29 is 27.8 Å². The maximum Gasteiger partial charge on any atom is 0.347 e. The van der Waals surface area contributed by atoms with Crippen molar-refractivity contribution in [3.63, 3.8) is 0 Å². The number of carbonyl (C=O) groups excluding carboxylic acids is 2. The van der Waals surface area contributed by atoms with Crippen LogP contribution in [0.1, 0.15) is 31.8 Å². The van der Waals surface area contributed by atoms with Crippen molar-refractivity contribution in [1.29, 1.82) is 0 Å². The van der Waals surface area contributed by atoms with Crippen molar-refractivity contribution >= 4 is 12.3 Å². The minimum atomic E-state index is -1.37. The number of aldehydes is 1. The second-order valence-corrected chi connectivity index (χ2v) is 5.97. The molecule has 0 fully saturated rings. The van der Waals surface area contributed by atoms with Crippen LogP contribution in [0.3, 0.4) is 0 Å². The van der Waals surface area contributed by atoms with Crippen LogP contribution in [-0.4, -0.2) is 12.3 Å². The Morgan fingerprint density at radius 2 is 1.57 bits per heavy atom. The first kappa shape index (κ1) is 19.2. The molecule has 28 heavy (non-hydrogen) atoms. The van der Waals surface area contributed by atoms with Gasteiger partial charge in [0.2, 0.25) is 0 Å². The molecule has 0 aliphatic rings. The molecule has 6 heteroatoms. The summed E-state index contributed by atoms with van der Waals surface area (Å²) in [5.74, 6) is -3.75. The van der Waals surface area contributed by atoms with Crippen LogP contribution in [0.15, 0.2) is 60.7 Å². The topological polar surface area (TPSA) is 52.6 Å². The summed E-state index contributed by atoms with van der Waals surface area (Å²) in [6.07, 6.45) is 0.122. The molecule has 0 spiro atoms. The van der Waals surface area contributed by atoms with Crippen LogP contribution in [-0.2, 0) is 6.61 Å². The fourth-order valence-corrected chi connectivity index (χ4v) is 2.67. The molecule has 0 heterocycles. The zero-order valence-corrected chi connectivity index (χ0v) is 14.9. The van der Waals surface area contributed by atoms with E-state index in [4.69, 9.17) is 9.47 Å². The highest BCUT2D eigenvalue weighted by Gasteiger charge is 2.29. The zero-order chi connectivity index (χ0) is 20.1. The smallest absolute Gasteiger partial charge is 0.347 e. The molecular formula is C22H16F2O4. The summed E-state index contributed by atoms with van der Waals surface area (Å²) in [7, 11) is 0. The zero-order valence-electron chi connectivity index (χ0n) is 14.9. The second kappa shape index (κ2) is 8.43. The van der Waals surface area contributed by atoms with E-state index in [1.54, 1.807) is 42.5 Å². The van der Waals surface area contributed by atoms with Gasteiger partial charge < -0.3 is 9.47 Å². The van der Waals surface area contributed by atoms with Gasteiger partial charge >= 0.3 is 5.97 Å². The van der Waals surface area contributed by atoms with Gasteiger partial charge in [0, 0.05) is 5.56 Å². The molecule has 3 rings (SSSR count). The monoisotopic (exact) mass is 382 g/mol. The molecular weight excluding hydrogens is 366 g/mol. The summed E-state index contributed by atoms with van der Waals surface area (Å²) in [6, 6.07) is 17.0. The molecule has 0 radical (unpaired) electrons. The minimum Gasteiger partial charge on any atom is -0.487 e. The number of hydrogen-bond donors (Lipinski definition) is 0. The third-order valence-corrected chi connectivity index (χ3v) is 4.11. The lowest BCUT2D eigenvalue weighted by atomic mass is 10.0. The Morgan fingerprint density at radius 3 is 2.18 bits per heavy atom. The highest BCUT2D eigenvalue weighted by Crippen LogP contribution is 2.33. The van der Waals surface area contributed by atoms with Gasteiger partial charge in [0.1, 0.15) is 23.7 Å². The summed E-state index contributed by atoms with van der Waals surface area (Å²) in [4.78, 5) is 24.1. The van der Waals surface area contributed by atoms with Gasteiger partial charge in [0.15, 0.2) is 17.9 Å². The summed E-state index contributed by atoms with van der Waals surface area (Å²) in [6.45, 7) is 1.18. The van der Waals surface area contributed by atoms with Crippen LogP contribution in [0, 0.1) is 18.6 Å². The number of halogens is 2. The van der Waals surface area contributed by atoms with Gasteiger partial charge in [-0.25, -0.2) is 13.6 Å². The third kappa shape index (κ3) is 3.91.